The first-order chi connectivity index (χ1) is 11.0. The SMILES string of the molecule is Cn1c(SCc2ccc(OC(F)F)cc2)nc2sccc2c1=O. The number of halogens is 2. The number of hydrogen-bond acceptors (Lipinski definition) is 5. The second-order valence-corrected chi connectivity index (χ2v) is 6.55. The summed E-state index contributed by atoms with van der Waals surface area (Å²) >= 11 is 2.85. The molecule has 3 rings (SSSR count). The third-order valence-corrected chi connectivity index (χ3v) is 5.09. The lowest BCUT2D eigenvalue weighted by Gasteiger charge is -2.08. The maximum absolute atomic E-state index is 12.2. The normalized spacial score (nSPS) is 11.3. The molecule has 2 aromatic heterocycles. The van der Waals surface area contributed by atoms with Gasteiger partial charge in [-0.25, -0.2) is 4.98 Å². The zero-order valence-electron chi connectivity index (χ0n) is 12.0. The van der Waals surface area contributed by atoms with Gasteiger partial charge in [0, 0.05) is 12.8 Å². The summed E-state index contributed by atoms with van der Waals surface area (Å²) in [4.78, 5) is 17.4. The first-order valence-electron chi connectivity index (χ1n) is 6.65. The Balaban J connectivity index is 1.75. The molecule has 0 spiro atoms. The van der Waals surface area contributed by atoms with Gasteiger partial charge in [0.05, 0.1) is 5.39 Å². The van der Waals surface area contributed by atoms with Gasteiger partial charge in [-0.1, -0.05) is 23.9 Å². The van der Waals surface area contributed by atoms with E-state index in [1.54, 1.807) is 25.2 Å². The van der Waals surface area contributed by atoms with Crippen molar-refractivity contribution in [2.24, 2.45) is 7.05 Å². The number of ether oxygens (including phenoxy) is 1. The number of hydrogen-bond donors (Lipinski definition) is 0. The van der Waals surface area contributed by atoms with Crippen molar-refractivity contribution < 1.29 is 13.5 Å². The van der Waals surface area contributed by atoms with Crippen LogP contribution in [0.1, 0.15) is 5.56 Å². The molecule has 23 heavy (non-hydrogen) atoms. The van der Waals surface area contributed by atoms with Crippen LogP contribution in [-0.4, -0.2) is 16.2 Å². The van der Waals surface area contributed by atoms with Crippen molar-refractivity contribution in [2.45, 2.75) is 17.5 Å². The summed E-state index contributed by atoms with van der Waals surface area (Å²) in [6, 6.07) is 8.19. The van der Waals surface area contributed by atoms with Gasteiger partial charge in [-0.3, -0.25) is 9.36 Å². The third kappa shape index (κ3) is 3.53. The van der Waals surface area contributed by atoms with E-state index in [9.17, 15) is 13.6 Å². The van der Waals surface area contributed by atoms with Gasteiger partial charge in [-0.2, -0.15) is 8.78 Å². The van der Waals surface area contributed by atoms with Crippen molar-refractivity contribution in [2.75, 3.05) is 0 Å². The molecule has 4 nitrogen and oxygen atoms in total. The Morgan fingerprint density at radius 2 is 2.04 bits per heavy atom. The lowest BCUT2D eigenvalue weighted by molar-refractivity contribution is -0.0498. The lowest BCUT2D eigenvalue weighted by atomic mass is 10.2. The molecule has 0 aliphatic heterocycles. The largest absolute Gasteiger partial charge is 0.435 e. The van der Waals surface area contributed by atoms with E-state index in [2.05, 4.69) is 9.72 Å². The molecule has 0 N–H and O–H groups in total. The number of fused-ring (bicyclic) bond motifs is 1. The number of thioether (sulfide) groups is 1. The summed E-state index contributed by atoms with van der Waals surface area (Å²) in [5, 5.41) is 3.09. The molecule has 0 saturated heterocycles. The molecule has 0 radical (unpaired) electrons. The lowest BCUT2D eigenvalue weighted by Crippen LogP contribution is -2.19. The van der Waals surface area contributed by atoms with Crippen LogP contribution in [0.3, 0.4) is 0 Å². The van der Waals surface area contributed by atoms with Gasteiger partial charge in [-0.05, 0) is 29.1 Å². The maximum atomic E-state index is 12.2. The van der Waals surface area contributed by atoms with E-state index in [4.69, 9.17) is 0 Å². The second kappa shape index (κ2) is 6.67. The van der Waals surface area contributed by atoms with Gasteiger partial charge in [0.2, 0.25) is 0 Å². The second-order valence-electron chi connectivity index (χ2n) is 4.71. The van der Waals surface area contributed by atoms with Crippen LogP contribution < -0.4 is 10.3 Å². The first kappa shape index (κ1) is 15.9. The van der Waals surface area contributed by atoms with Gasteiger partial charge in [0.1, 0.15) is 10.6 Å². The van der Waals surface area contributed by atoms with E-state index in [1.165, 1.54) is 39.8 Å². The van der Waals surface area contributed by atoms with E-state index in [0.29, 0.717) is 16.3 Å². The summed E-state index contributed by atoms with van der Waals surface area (Å²) in [6.45, 7) is -2.83. The summed E-state index contributed by atoms with van der Waals surface area (Å²) in [6.07, 6.45) is 0. The predicted molar refractivity (Wildman–Crippen MR) is 87.5 cm³/mol. The molecule has 2 heterocycles. The van der Waals surface area contributed by atoms with Crippen LogP contribution in [-0.2, 0) is 12.8 Å². The Hall–Kier alpha value is -1.93. The molecule has 0 aliphatic carbocycles. The molecule has 0 fully saturated rings. The standard InChI is InChI=1S/C15H12F2N2O2S2/c1-19-13(20)11-6-7-22-12(11)18-15(19)23-8-9-2-4-10(5-3-9)21-14(16)17/h2-7,14H,8H2,1H3. The number of thiophene rings is 1. The fourth-order valence-electron chi connectivity index (χ4n) is 2.02. The fourth-order valence-corrected chi connectivity index (χ4v) is 3.76. The summed E-state index contributed by atoms with van der Waals surface area (Å²) in [7, 11) is 1.69. The van der Waals surface area contributed by atoms with E-state index in [1.807, 2.05) is 5.38 Å². The van der Waals surface area contributed by atoms with Crippen molar-refractivity contribution in [1.29, 1.82) is 0 Å². The summed E-state index contributed by atoms with van der Waals surface area (Å²) in [5.74, 6) is 0.700. The van der Waals surface area contributed by atoms with Crippen molar-refractivity contribution in [3.8, 4) is 5.75 Å². The molecule has 8 heteroatoms. The van der Waals surface area contributed by atoms with Gasteiger partial charge < -0.3 is 4.74 Å². The highest BCUT2D eigenvalue weighted by Crippen LogP contribution is 2.24. The van der Waals surface area contributed by atoms with E-state index < -0.39 is 6.61 Å². The van der Waals surface area contributed by atoms with Gasteiger partial charge in [0.15, 0.2) is 5.16 Å². The van der Waals surface area contributed by atoms with E-state index >= 15 is 0 Å². The molecule has 0 unspecified atom stereocenters. The smallest absolute Gasteiger partial charge is 0.387 e. The molecule has 0 aliphatic rings. The van der Waals surface area contributed by atoms with Crippen LogP contribution in [0.5, 0.6) is 5.75 Å². The van der Waals surface area contributed by atoms with Crippen LogP contribution in [0.25, 0.3) is 10.2 Å². The Morgan fingerprint density at radius 3 is 2.74 bits per heavy atom. The Labute approximate surface area is 138 Å². The molecular weight excluding hydrogens is 342 g/mol. The fraction of sp³-hybridized carbons (Fsp3) is 0.200. The summed E-state index contributed by atoms with van der Waals surface area (Å²) < 4.78 is 30.0. The Bertz CT molecular complexity index is 875. The van der Waals surface area contributed by atoms with E-state index in [0.717, 1.165) is 10.4 Å². The molecule has 0 saturated carbocycles. The highest BCUT2D eigenvalue weighted by molar-refractivity contribution is 7.98. The minimum Gasteiger partial charge on any atom is -0.435 e. The number of nitrogens with zero attached hydrogens (tertiary/aromatic N) is 2. The van der Waals surface area contributed by atoms with Crippen molar-refractivity contribution in [3.05, 3.63) is 51.6 Å². The molecular formula is C15H12F2N2O2S2. The Kier molecular flexibility index (Phi) is 4.63. The van der Waals surface area contributed by atoms with Gasteiger partial charge >= 0.3 is 6.61 Å². The van der Waals surface area contributed by atoms with Crippen LogP contribution in [0.15, 0.2) is 45.7 Å². The van der Waals surface area contributed by atoms with Crippen molar-refractivity contribution >= 4 is 33.3 Å². The zero-order valence-corrected chi connectivity index (χ0v) is 13.7. The molecule has 3 aromatic rings. The monoisotopic (exact) mass is 354 g/mol. The predicted octanol–water partition coefficient (Wildman–Crippen LogP) is 3.89. The topological polar surface area (TPSA) is 44.1 Å². The van der Waals surface area contributed by atoms with Crippen molar-refractivity contribution in [3.63, 3.8) is 0 Å². The first-order valence-corrected chi connectivity index (χ1v) is 8.52. The highest BCUT2D eigenvalue weighted by atomic mass is 32.2. The highest BCUT2D eigenvalue weighted by Gasteiger charge is 2.10. The summed E-state index contributed by atoms with van der Waals surface area (Å²) in [5.41, 5.74) is 0.858. The Morgan fingerprint density at radius 1 is 1.30 bits per heavy atom. The van der Waals surface area contributed by atoms with Crippen molar-refractivity contribution in [1.82, 2.24) is 9.55 Å². The molecule has 0 amide bonds. The molecule has 1 aromatic carbocycles. The average Bonchev–Trinajstić information content (AvgIpc) is 2.99. The quantitative estimate of drug-likeness (QED) is 0.515. The third-order valence-electron chi connectivity index (χ3n) is 3.18. The zero-order chi connectivity index (χ0) is 16.4. The molecule has 0 bridgehead atoms. The number of rotatable bonds is 5. The van der Waals surface area contributed by atoms with Gasteiger partial charge in [-0.15, -0.1) is 11.3 Å². The minimum atomic E-state index is -2.83. The van der Waals surface area contributed by atoms with Crippen LogP contribution >= 0.6 is 23.1 Å². The van der Waals surface area contributed by atoms with E-state index in [-0.39, 0.29) is 11.3 Å². The average molecular weight is 354 g/mol. The number of aromatic nitrogens is 2. The van der Waals surface area contributed by atoms with Gasteiger partial charge in [0.25, 0.3) is 5.56 Å². The van der Waals surface area contributed by atoms with Crippen LogP contribution in [0.4, 0.5) is 8.78 Å². The molecule has 0 atom stereocenters. The maximum Gasteiger partial charge on any atom is 0.387 e. The van der Waals surface area contributed by atoms with Crippen LogP contribution in [0, 0.1) is 0 Å². The molecule has 120 valence electrons. The van der Waals surface area contributed by atoms with Crippen LogP contribution in [0.2, 0.25) is 0 Å². The minimum absolute atomic E-state index is 0.0700. The number of benzene rings is 1. The number of alkyl halides is 2.